The summed E-state index contributed by atoms with van der Waals surface area (Å²) in [5, 5.41) is 9.44. The van der Waals surface area contributed by atoms with Crippen LogP contribution in [0.5, 0.6) is 0 Å². The molecule has 0 saturated carbocycles. The lowest BCUT2D eigenvalue weighted by molar-refractivity contribution is -0.143. The molecule has 0 bridgehead atoms. The van der Waals surface area contributed by atoms with Crippen molar-refractivity contribution in [1.82, 2.24) is 4.72 Å². The largest absolute Gasteiger partial charge is 0.480 e. The summed E-state index contributed by atoms with van der Waals surface area (Å²) in [6.07, 6.45) is 0. The average Bonchev–Trinajstić information content (AvgIpc) is 2.30. The fourth-order valence-electron chi connectivity index (χ4n) is 1.43. The lowest BCUT2D eigenvalue weighted by Gasteiger charge is -2.30. The summed E-state index contributed by atoms with van der Waals surface area (Å²) in [4.78, 5) is 11.6. The third-order valence-corrected chi connectivity index (χ3v) is 4.95. The van der Waals surface area contributed by atoms with Gasteiger partial charge in [0.1, 0.15) is 5.82 Å². The number of benzene rings is 1. The van der Waals surface area contributed by atoms with E-state index < -0.39 is 33.1 Å². The van der Waals surface area contributed by atoms with Gasteiger partial charge in [-0.05, 0) is 45.9 Å². The first-order valence-corrected chi connectivity index (χ1v) is 7.81. The van der Waals surface area contributed by atoms with Crippen molar-refractivity contribution in [3.63, 3.8) is 0 Å². The van der Waals surface area contributed by atoms with E-state index >= 15 is 0 Å². The minimum absolute atomic E-state index is 0. The Bertz CT molecular complexity index is 563. The zero-order chi connectivity index (χ0) is 15.7. The van der Waals surface area contributed by atoms with Gasteiger partial charge in [0.2, 0.25) is 0 Å². The smallest absolute Gasteiger partial charge is 0.329 e. The van der Waals surface area contributed by atoms with E-state index in [1.54, 1.807) is 20.8 Å². The molecule has 0 aromatic heterocycles. The maximum absolute atomic E-state index is 13.9. The summed E-state index contributed by atoms with van der Waals surface area (Å²) in [6, 6.07) is 4.01. The summed E-state index contributed by atoms with van der Waals surface area (Å²) in [5.74, 6) is -1.97. The van der Waals surface area contributed by atoms with Crippen molar-refractivity contribution < 1.29 is 18.5 Å². The van der Waals surface area contributed by atoms with Crippen molar-refractivity contribution in [2.75, 3.05) is 0 Å². The molecule has 1 aromatic carbocycles. The van der Waals surface area contributed by atoms with Crippen molar-refractivity contribution in [1.29, 1.82) is 0 Å². The molecule has 0 amide bonds. The number of carboxylic acid groups (broad SMARTS) is 1. The quantitative estimate of drug-likeness (QED) is 0.817. The topological polar surface area (TPSA) is 66.4 Å². The second-order valence-electron chi connectivity index (χ2n) is 5.54. The van der Waals surface area contributed by atoms with Crippen LogP contribution in [0.2, 0.25) is 0 Å². The van der Waals surface area contributed by atoms with Gasteiger partial charge in [0.15, 0.2) is 5.54 Å². The van der Waals surface area contributed by atoms with E-state index in [0.717, 1.165) is 0 Å². The van der Waals surface area contributed by atoms with Gasteiger partial charge in [-0.3, -0.25) is 0 Å². The fourth-order valence-corrected chi connectivity index (χ4v) is 2.67. The molecule has 1 rings (SSSR count). The first kappa shape index (κ1) is 20.6. The lowest BCUT2D eigenvalue weighted by atomic mass is 9.93. The van der Waals surface area contributed by atoms with Crippen LogP contribution in [0.25, 0.3) is 0 Å². The van der Waals surface area contributed by atoms with Gasteiger partial charge in [-0.15, -0.1) is 0 Å². The van der Waals surface area contributed by atoms with Crippen LogP contribution in [0.4, 0.5) is 4.39 Å². The van der Waals surface area contributed by atoms with E-state index in [0.29, 0.717) is 4.47 Å². The van der Waals surface area contributed by atoms with E-state index in [1.165, 1.54) is 25.1 Å². The second-order valence-corrected chi connectivity index (χ2v) is 8.42. The molecule has 2 N–H and O–H groups in total. The molecule has 0 fully saturated rings. The van der Waals surface area contributed by atoms with E-state index in [-0.39, 0.29) is 19.1 Å². The number of halogens is 2. The maximum Gasteiger partial charge on any atom is 0.329 e. The molecule has 2 atom stereocenters. The fraction of sp³-hybridized carbons (Fsp3) is 0.462. The van der Waals surface area contributed by atoms with Gasteiger partial charge in [0, 0.05) is 10.0 Å². The summed E-state index contributed by atoms with van der Waals surface area (Å²) < 4.78 is 28.5. The van der Waals surface area contributed by atoms with Crippen LogP contribution in [0.15, 0.2) is 22.7 Å². The van der Waals surface area contributed by atoms with Gasteiger partial charge in [-0.1, -0.05) is 15.9 Å². The Hall–Kier alpha value is -0.440. The minimum atomic E-state index is -1.79. The zero-order valence-electron chi connectivity index (χ0n) is 12.2. The molecular formula is C13H19BrFNO3S2. The van der Waals surface area contributed by atoms with Crippen molar-refractivity contribution in [2.45, 2.75) is 38.0 Å². The highest BCUT2D eigenvalue weighted by Crippen LogP contribution is 2.28. The van der Waals surface area contributed by atoms with Crippen LogP contribution in [0.3, 0.4) is 0 Å². The summed E-state index contributed by atoms with van der Waals surface area (Å²) in [7, 11) is -1.66. The maximum atomic E-state index is 13.9. The van der Waals surface area contributed by atoms with Gasteiger partial charge >= 0.3 is 5.97 Å². The number of carbonyl (C=O) groups is 1. The summed E-state index contributed by atoms with van der Waals surface area (Å²) >= 11 is 3.18. The zero-order valence-corrected chi connectivity index (χ0v) is 15.6. The number of hydrogen-bond donors (Lipinski definition) is 2. The molecule has 2 unspecified atom stereocenters. The van der Waals surface area contributed by atoms with E-state index in [2.05, 4.69) is 20.7 Å². The molecule has 21 heavy (non-hydrogen) atoms. The molecule has 0 aliphatic heterocycles. The first-order valence-electron chi connectivity index (χ1n) is 5.87. The predicted octanol–water partition coefficient (Wildman–Crippen LogP) is 3.05. The average molecular weight is 400 g/mol. The molecule has 0 radical (unpaired) electrons. The van der Waals surface area contributed by atoms with Crippen LogP contribution >= 0.6 is 29.4 Å². The highest BCUT2D eigenvalue weighted by Gasteiger charge is 2.41. The SMILES string of the molecule is CC(NS(=O)C(C)(C)C)(C(=O)O)c1cc(Br)ccc1F.S. The minimum Gasteiger partial charge on any atom is -0.480 e. The van der Waals surface area contributed by atoms with Crippen molar-refractivity contribution >= 4 is 46.4 Å². The Morgan fingerprint density at radius 2 is 1.86 bits per heavy atom. The molecule has 0 heterocycles. The summed E-state index contributed by atoms with van der Waals surface area (Å²) in [6.45, 7) is 6.41. The molecule has 8 heteroatoms. The van der Waals surface area contributed by atoms with Crippen LogP contribution < -0.4 is 4.72 Å². The molecule has 1 aromatic rings. The van der Waals surface area contributed by atoms with E-state index in [4.69, 9.17) is 0 Å². The molecular weight excluding hydrogens is 381 g/mol. The highest BCUT2D eigenvalue weighted by atomic mass is 79.9. The Balaban J connectivity index is 0.00000400. The third-order valence-electron chi connectivity index (χ3n) is 2.75. The Labute approximate surface area is 141 Å². The number of nitrogens with one attached hydrogen (secondary N) is 1. The summed E-state index contributed by atoms with van der Waals surface area (Å²) in [5.41, 5.74) is -1.86. The number of carboxylic acids is 1. The van der Waals surface area contributed by atoms with Crippen LogP contribution in [0.1, 0.15) is 33.3 Å². The first-order chi connectivity index (χ1) is 8.98. The van der Waals surface area contributed by atoms with Crippen LogP contribution in [0, 0.1) is 5.82 Å². The van der Waals surface area contributed by atoms with Gasteiger partial charge in [0.05, 0.1) is 15.7 Å². The molecule has 0 spiro atoms. The monoisotopic (exact) mass is 399 g/mol. The van der Waals surface area contributed by atoms with Crippen LogP contribution in [-0.2, 0) is 21.3 Å². The second kappa shape index (κ2) is 7.21. The molecule has 4 nitrogen and oxygen atoms in total. The number of aliphatic carboxylic acids is 1. The van der Waals surface area contributed by atoms with Gasteiger partial charge in [-0.25, -0.2) is 18.1 Å². The van der Waals surface area contributed by atoms with Gasteiger partial charge in [-0.2, -0.15) is 13.5 Å². The molecule has 0 saturated heterocycles. The molecule has 0 aliphatic carbocycles. The normalized spacial score (nSPS) is 15.7. The number of hydrogen-bond acceptors (Lipinski definition) is 2. The van der Waals surface area contributed by atoms with E-state index in [1.807, 2.05) is 0 Å². The Kier molecular flexibility index (Phi) is 7.06. The van der Waals surface area contributed by atoms with Gasteiger partial charge < -0.3 is 5.11 Å². The van der Waals surface area contributed by atoms with Crippen molar-refractivity contribution in [3.8, 4) is 0 Å². The predicted molar refractivity (Wildman–Crippen MR) is 90.5 cm³/mol. The lowest BCUT2D eigenvalue weighted by Crippen LogP contribution is -2.51. The molecule has 0 aliphatic rings. The van der Waals surface area contributed by atoms with Crippen molar-refractivity contribution in [2.24, 2.45) is 0 Å². The molecule has 120 valence electrons. The van der Waals surface area contributed by atoms with Gasteiger partial charge in [0.25, 0.3) is 0 Å². The Morgan fingerprint density at radius 1 is 1.33 bits per heavy atom. The van der Waals surface area contributed by atoms with E-state index in [9.17, 15) is 18.5 Å². The highest BCUT2D eigenvalue weighted by molar-refractivity contribution is 9.10. The Morgan fingerprint density at radius 3 is 2.29 bits per heavy atom. The standard InChI is InChI=1S/C13H17BrFNO3S.H2S/c1-12(2,3)20(19)16-13(4,11(17)18)9-7-8(14)5-6-10(9)15;/h5-7,16H,1-4H3,(H,17,18);1H2. The number of rotatable bonds is 4. The van der Waals surface area contributed by atoms with Crippen molar-refractivity contribution in [3.05, 3.63) is 34.1 Å². The van der Waals surface area contributed by atoms with Crippen LogP contribution in [-0.4, -0.2) is 20.0 Å². The third kappa shape index (κ3) is 4.77.